The summed E-state index contributed by atoms with van der Waals surface area (Å²) >= 11 is 1.60. The number of thiophene rings is 1. The van der Waals surface area contributed by atoms with Gasteiger partial charge in [-0.3, -0.25) is 4.79 Å². The molecule has 1 amide bonds. The number of hydrogen-bond donors (Lipinski definition) is 0. The van der Waals surface area contributed by atoms with Crippen LogP contribution >= 0.6 is 11.3 Å². The number of para-hydroxylation sites is 1. The van der Waals surface area contributed by atoms with Crippen LogP contribution < -0.4 is 4.90 Å². The van der Waals surface area contributed by atoms with Gasteiger partial charge in [0.25, 0.3) is 5.91 Å². The lowest BCUT2D eigenvalue weighted by atomic mass is 10.1. The average Bonchev–Trinajstić information content (AvgIpc) is 3.04. The third-order valence-corrected chi connectivity index (χ3v) is 4.40. The molecule has 0 spiro atoms. The first-order valence-corrected chi connectivity index (χ1v) is 7.77. The Morgan fingerprint density at radius 2 is 2.14 bits per heavy atom. The van der Waals surface area contributed by atoms with Crippen molar-refractivity contribution in [2.24, 2.45) is 10.2 Å². The van der Waals surface area contributed by atoms with E-state index in [4.69, 9.17) is 0 Å². The predicted octanol–water partition coefficient (Wildman–Crippen LogP) is 3.41. The minimum Gasteiger partial charge on any atom is -0.302 e. The first kappa shape index (κ1) is 14.4. The fourth-order valence-corrected chi connectivity index (χ4v) is 3.11. The maximum Gasteiger partial charge on any atom is 0.279 e. The number of aryl methyl sites for hydroxylation is 1. The fraction of sp³-hybridized carbons (Fsp3) is 0.118. The number of hydrogen-bond acceptors (Lipinski definition) is 4. The molecule has 2 aromatic rings. The number of carbonyl (C=O) groups excluding carboxylic acids is 1. The third-order valence-electron chi connectivity index (χ3n) is 3.44. The highest BCUT2D eigenvalue weighted by Gasteiger charge is 2.32. The summed E-state index contributed by atoms with van der Waals surface area (Å²) in [5, 5.41) is 10.3. The summed E-state index contributed by atoms with van der Waals surface area (Å²) in [4.78, 5) is 15.2. The minimum atomic E-state index is -0.138. The van der Waals surface area contributed by atoms with Gasteiger partial charge in [0.15, 0.2) is 5.71 Å². The molecule has 0 N–H and O–H groups in total. The molecule has 3 rings (SSSR count). The van der Waals surface area contributed by atoms with E-state index in [0.29, 0.717) is 12.3 Å². The van der Waals surface area contributed by atoms with Crippen LogP contribution in [0.5, 0.6) is 0 Å². The summed E-state index contributed by atoms with van der Waals surface area (Å²) < 4.78 is 0. The van der Waals surface area contributed by atoms with E-state index in [1.165, 1.54) is 0 Å². The second-order valence-corrected chi connectivity index (χ2v) is 5.83. The van der Waals surface area contributed by atoms with Gasteiger partial charge in [-0.05, 0) is 30.0 Å². The number of amides is 1. The molecular formula is C17H15N3OS. The Morgan fingerprint density at radius 1 is 1.32 bits per heavy atom. The van der Waals surface area contributed by atoms with E-state index in [9.17, 15) is 4.79 Å². The smallest absolute Gasteiger partial charge is 0.279 e. The van der Waals surface area contributed by atoms with Crippen LogP contribution in [-0.4, -0.2) is 24.4 Å². The zero-order valence-electron chi connectivity index (χ0n) is 12.2. The molecule has 2 heterocycles. The van der Waals surface area contributed by atoms with Crippen molar-refractivity contribution in [2.75, 3.05) is 11.4 Å². The molecule has 0 fully saturated rings. The second-order valence-electron chi connectivity index (χ2n) is 4.88. The quantitative estimate of drug-likeness (QED) is 0.485. The summed E-state index contributed by atoms with van der Waals surface area (Å²) in [6, 6.07) is 9.63. The van der Waals surface area contributed by atoms with E-state index in [1.54, 1.807) is 28.5 Å². The van der Waals surface area contributed by atoms with Gasteiger partial charge in [-0.1, -0.05) is 24.3 Å². The second kappa shape index (κ2) is 6.07. The van der Waals surface area contributed by atoms with Crippen LogP contribution in [0, 0.1) is 6.92 Å². The first-order valence-electron chi connectivity index (χ1n) is 6.89. The van der Waals surface area contributed by atoms with Gasteiger partial charge in [0, 0.05) is 12.1 Å². The molecule has 0 radical (unpaired) electrons. The van der Waals surface area contributed by atoms with Crippen molar-refractivity contribution in [2.45, 2.75) is 6.92 Å². The summed E-state index contributed by atoms with van der Waals surface area (Å²) in [6.45, 7) is 6.18. The van der Waals surface area contributed by atoms with Gasteiger partial charge in [0.1, 0.15) is 0 Å². The van der Waals surface area contributed by atoms with Gasteiger partial charge in [-0.25, -0.2) is 0 Å². The fourth-order valence-electron chi connectivity index (χ4n) is 2.32. The normalized spacial score (nSPS) is 15.8. The summed E-state index contributed by atoms with van der Waals surface area (Å²) in [5.74, 6) is -0.138. The lowest BCUT2D eigenvalue weighted by Gasteiger charge is -2.13. The van der Waals surface area contributed by atoms with Crippen molar-refractivity contribution in [1.82, 2.24) is 0 Å². The maximum absolute atomic E-state index is 12.5. The minimum absolute atomic E-state index is 0.138. The molecule has 0 unspecified atom stereocenters. The molecule has 110 valence electrons. The van der Waals surface area contributed by atoms with Crippen LogP contribution in [-0.2, 0) is 4.79 Å². The molecule has 5 heteroatoms. The van der Waals surface area contributed by atoms with E-state index in [1.807, 2.05) is 42.6 Å². The number of rotatable bonds is 4. The molecule has 4 nitrogen and oxygen atoms in total. The van der Waals surface area contributed by atoms with Crippen LogP contribution in [0.2, 0.25) is 0 Å². The van der Waals surface area contributed by atoms with Gasteiger partial charge in [-0.15, -0.1) is 23.0 Å². The molecule has 0 saturated heterocycles. The average molecular weight is 309 g/mol. The Kier molecular flexibility index (Phi) is 3.98. The largest absolute Gasteiger partial charge is 0.302 e. The lowest BCUT2D eigenvalue weighted by Crippen LogP contribution is -2.30. The molecule has 0 atom stereocenters. The topological polar surface area (TPSA) is 45.0 Å². The summed E-state index contributed by atoms with van der Waals surface area (Å²) in [6.07, 6.45) is 3.40. The maximum atomic E-state index is 12.5. The summed E-state index contributed by atoms with van der Waals surface area (Å²) in [7, 11) is 0. The van der Waals surface area contributed by atoms with E-state index >= 15 is 0 Å². The van der Waals surface area contributed by atoms with Gasteiger partial charge in [0.05, 0.1) is 16.8 Å². The number of benzene rings is 1. The van der Waals surface area contributed by atoms with Crippen molar-refractivity contribution >= 4 is 34.9 Å². The van der Waals surface area contributed by atoms with E-state index in [0.717, 1.165) is 21.7 Å². The highest BCUT2D eigenvalue weighted by molar-refractivity contribution is 7.11. The molecular weight excluding hydrogens is 294 g/mol. The Hall–Kier alpha value is -2.53. The molecule has 1 aliphatic heterocycles. The molecule has 1 aromatic carbocycles. The van der Waals surface area contributed by atoms with Crippen molar-refractivity contribution in [3.05, 3.63) is 64.4 Å². The van der Waals surface area contributed by atoms with Gasteiger partial charge < -0.3 is 4.90 Å². The number of carbonyl (C=O) groups is 1. The highest BCUT2D eigenvalue weighted by Crippen LogP contribution is 2.29. The third kappa shape index (κ3) is 2.51. The van der Waals surface area contributed by atoms with Crippen LogP contribution in [0.15, 0.2) is 58.6 Å². The van der Waals surface area contributed by atoms with Gasteiger partial charge >= 0.3 is 0 Å². The van der Waals surface area contributed by atoms with Gasteiger partial charge in [-0.2, -0.15) is 5.10 Å². The Bertz CT molecular complexity index is 789. The lowest BCUT2D eigenvalue weighted by molar-refractivity contribution is -0.112. The van der Waals surface area contributed by atoms with Crippen LogP contribution in [0.1, 0.15) is 16.0 Å². The molecule has 0 saturated carbocycles. The van der Waals surface area contributed by atoms with E-state index in [-0.39, 0.29) is 5.91 Å². The Balaban J connectivity index is 1.95. The van der Waals surface area contributed by atoms with E-state index < -0.39 is 0 Å². The molecule has 0 aliphatic carbocycles. The van der Waals surface area contributed by atoms with Crippen molar-refractivity contribution < 1.29 is 4.79 Å². The van der Waals surface area contributed by atoms with Crippen LogP contribution in [0.3, 0.4) is 0 Å². The Morgan fingerprint density at radius 3 is 2.86 bits per heavy atom. The first-order chi connectivity index (χ1) is 10.7. The van der Waals surface area contributed by atoms with Crippen molar-refractivity contribution in [1.29, 1.82) is 0 Å². The zero-order chi connectivity index (χ0) is 15.5. The Labute approximate surface area is 133 Å². The van der Waals surface area contributed by atoms with E-state index in [2.05, 4.69) is 16.8 Å². The molecule has 22 heavy (non-hydrogen) atoms. The van der Waals surface area contributed by atoms with Crippen molar-refractivity contribution in [3.8, 4) is 0 Å². The zero-order valence-corrected chi connectivity index (χ0v) is 13.0. The molecule has 1 aliphatic rings. The van der Waals surface area contributed by atoms with Crippen LogP contribution in [0.25, 0.3) is 0 Å². The van der Waals surface area contributed by atoms with Crippen molar-refractivity contribution in [3.63, 3.8) is 0 Å². The standard InChI is InChI=1S/C17H15N3OS/c1-3-9-20-14-7-5-4-6-13(14)16(17(20)21)19-18-11-15-12(2)8-10-22-15/h3-8,10-11H,1,9H2,2H3/b18-11-,19-16+. The monoisotopic (exact) mass is 309 g/mol. The highest BCUT2D eigenvalue weighted by atomic mass is 32.1. The number of anilines is 1. The molecule has 1 aromatic heterocycles. The molecule has 0 bridgehead atoms. The number of fused-ring (bicyclic) bond motifs is 1. The van der Waals surface area contributed by atoms with Crippen LogP contribution in [0.4, 0.5) is 5.69 Å². The summed E-state index contributed by atoms with van der Waals surface area (Å²) in [5.41, 5.74) is 3.20. The number of nitrogens with zero attached hydrogens (tertiary/aromatic N) is 3. The SMILES string of the molecule is C=CCN1C(=O)/C(=N/N=C\c2sccc2C)c2ccccc21. The predicted molar refractivity (Wildman–Crippen MR) is 92.2 cm³/mol. The van der Waals surface area contributed by atoms with Gasteiger partial charge in [0.2, 0.25) is 0 Å².